The second kappa shape index (κ2) is 6.35. The van der Waals surface area contributed by atoms with E-state index in [9.17, 15) is 9.18 Å². The highest BCUT2D eigenvalue weighted by Crippen LogP contribution is 2.20. The van der Waals surface area contributed by atoms with Crippen LogP contribution in [-0.4, -0.2) is 5.91 Å². The number of hydrogen-bond acceptors (Lipinski definition) is 1. The van der Waals surface area contributed by atoms with Crippen LogP contribution in [0, 0.1) is 12.7 Å². The van der Waals surface area contributed by atoms with Crippen molar-refractivity contribution >= 4 is 29.3 Å². The summed E-state index contributed by atoms with van der Waals surface area (Å²) >= 11 is 5.88. The number of benzene rings is 2. The predicted molar refractivity (Wildman–Crippen MR) is 80.3 cm³/mol. The molecular formula is C16H13ClFNO. The Morgan fingerprint density at radius 2 is 1.95 bits per heavy atom. The Morgan fingerprint density at radius 3 is 2.65 bits per heavy atom. The van der Waals surface area contributed by atoms with Gasteiger partial charge in [0.2, 0.25) is 5.91 Å². The maximum atomic E-state index is 13.5. The van der Waals surface area contributed by atoms with Crippen LogP contribution in [0.1, 0.15) is 11.1 Å². The first-order valence-corrected chi connectivity index (χ1v) is 6.44. The van der Waals surface area contributed by atoms with Gasteiger partial charge in [-0.05, 0) is 36.8 Å². The fraction of sp³-hybridized carbons (Fsp3) is 0.0625. The number of aryl methyl sites for hydroxylation is 1. The van der Waals surface area contributed by atoms with Crippen LogP contribution in [-0.2, 0) is 4.79 Å². The highest BCUT2D eigenvalue weighted by atomic mass is 35.5. The van der Waals surface area contributed by atoms with Crippen molar-refractivity contribution in [1.82, 2.24) is 0 Å². The maximum absolute atomic E-state index is 13.5. The molecule has 0 fully saturated rings. The van der Waals surface area contributed by atoms with Crippen LogP contribution in [0.2, 0.25) is 5.02 Å². The largest absolute Gasteiger partial charge is 0.322 e. The van der Waals surface area contributed by atoms with E-state index in [1.54, 1.807) is 12.1 Å². The number of para-hydroxylation sites is 1. The Bertz CT molecular complexity index is 647. The normalized spacial score (nSPS) is 10.8. The fourth-order valence-corrected chi connectivity index (χ4v) is 1.94. The zero-order valence-electron chi connectivity index (χ0n) is 10.9. The summed E-state index contributed by atoms with van der Waals surface area (Å²) in [4.78, 5) is 11.8. The minimum Gasteiger partial charge on any atom is -0.322 e. The van der Waals surface area contributed by atoms with E-state index < -0.39 is 5.82 Å². The van der Waals surface area contributed by atoms with Crippen molar-refractivity contribution in [3.05, 3.63) is 70.5 Å². The summed E-state index contributed by atoms with van der Waals surface area (Å²) in [6.45, 7) is 1.90. The highest BCUT2D eigenvalue weighted by molar-refractivity contribution is 6.32. The molecule has 0 saturated heterocycles. The molecule has 2 nitrogen and oxygen atoms in total. The zero-order valence-corrected chi connectivity index (χ0v) is 11.6. The molecule has 0 saturated carbocycles. The van der Waals surface area contributed by atoms with E-state index >= 15 is 0 Å². The Balaban J connectivity index is 2.12. The lowest BCUT2D eigenvalue weighted by Gasteiger charge is -2.05. The van der Waals surface area contributed by atoms with Crippen LogP contribution < -0.4 is 5.32 Å². The Labute approximate surface area is 121 Å². The molecule has 20 heavy (non-hydrogen) atoms. The summed E-state index contributed by atoms with van der Waals surface area (Å²) in [6.07, 6.45) is 2.63. The quantitative estimate of drug-likeness (QED) is 0.832. The van der Waals surface area contributed by atoms with Gasteiger partial charge in [0.05, 0.1) is 5.02 Å². The van der Waals surface area contributed by atoms with E-state index in [1.165, 1.54) is 24.3 Å². The Morgan fingerprint density at radius 1 is 1.20 bits per heavy atom. The third-order valence-electron chi connectivity index (χ3n) is 2.80. The first-order chi connectivity index (χ1) is 9.58. The van der Waals surface area contributed by atoms with Gasteiger partial charge in [-0.25, -0.2) is 4.39 Å². The number of hydrogen-bond donors (Lipinski definition) is 1. The van der Waals surface area contributed by atoms with Crippen molar-refractivity contribution in [2.75, 3.05) is 5.32 Å². The van der Waals surface area contributed by atoms with Crippen LogP contribution >= 0.6 is 11.6 Å². The molecule has 0 unspecified atom stereocenters. The molecule has 1 N–H and O–H groups in total. The lowest BCUT2D eigenvalue weighted by atomic mass is 10.2. The van der Waals surface area contributed by atoms with Crippen molar-refractivity contribution in [3.8, 4) is 0 Å². The summed E-state index contributed by atoms with van der Waals surface area (Å²) in [5.74, 6) is -0.795. The van der Waals surface area contributed by atoms with Gasteiger partial charge in [0.15, 0.2) is 0 Å². The summed E-state index contributed by atoms with van der Waals surface area (Å²) in [5, 5.41) is 3.00. The average Bonchev–Trinajstić information content (AvgIpc) is 2.41. The molecule has 0 bridgehead atoms. The highest BCUT2D eigenvalue weighted by Gasteiger charge is 2.04. The molecule has 2 aromatic rings. The lowest BCUT2D eigenvalue weighted by Crippen LogP contribution is -2.08. The molecule has 0 radical (unpaired) electrons. The molecule has 0 aromatic heterocycles. The molecule has 102 valence electrons. The minimum absolute atomic E-state index is 0.203. The van der Waals surface area contributed by atoms with Gasteiger partial charge in [-0.2, -0.15) is 0 Å². The van der Waals surface area contributed by atoms with Crippen molar-refractivity contribution in [1.29, 1.82) is 0 Å². The van der Waals surface area contributed by atoms with Gasteiger partial charge in [0.25, 0.3) is 0 Å². The molecule has 0 aliphatic carbocycles. The molecule has 0 spiro atoms. The second-order valence-electron chi connectivity index (χ2n) is 4.27. The van der Waals surface area contributed by atoms with Crippen molar-refractivity contribution < 1.29 is 9.18 Å². The average molecular weight is 290 g/mol. The van der Waals surface area contributed by atoms with Gasteiger partial charge in [0, 0.05) is 17.3 Å². The van der Waals surface area contributed by atoms with E-state index in [-0.39, 0.29) is 16.5 Å². The van der Waals surface area contributed by atoms with Crippen LogP contribution in [0.5, 0.6) is 0 Å². The Hall–Kier alpha value is -2.13. The number of halogens is 2. The van der Waals surface area contributed by atoms with E-state index in [2.05, 4.69) is 5.32 Å². The second-order valence-corrected chi connectivity index (χ2v) is 4.68. The smallest absolute Gasteiger partial charge is 0.248 e. The Kier molecular flexibility index (Phi) is 4.53. The van der Waals surface area contributed by atoms with Crippen molar-refractivity contribution in [2.24, 2.45) is 0 Å². The first-order valence-electron chi connectivity index (χ1n) is 6.06. The number of anilines is 1. The summed E-state index contributed by atoms with van der Waals surface area (Å²) in [5.41, 5.74) is 1.88. The van der Waals surface area contributed by atoms with E-state index in [0.29, 0.717) is 0 Å². The number of nitrogens with one attached hydrogen (secondary N) is 1. The van der Waals surface area contributed by atoms with Crippen molar-refractivity contribution in [3.63, 3.8) is 0 Å². The molecule has 0 atom stereocenters. The van der Waals surface area contributed by atoms with Gasteiger partial charge in [-0.1, -0.05) is 35.9 Å². The van der Waals surface area contributed by atoms with Crippen LogP contribution in [0.25, 0.3) is 6.08 Å². The van der Waals surface area contributed by atoms with E-state index in [0.717, 1.165) is 11.3 Å². The summed E-state index contributed by atoms with van der Waals surface area (Å²) in [7, 11) is 0. The standard InChI is InChI=1S/C16H13ClFNO/c1-11-5-2-3-8-15(11)19-16(20)10-9-12-13(17)6-4-7-14(12)18/h2-10H,1H3,(H,19,20). The number of rotatable bonds is 3. The van der Waals surface area contributed by atoms with E-state index in [1.807, 2.05) is 25.1 Å². The van der Waals surface area contributed by atoms with Gasteiger partial charge in [-0.3, -0.25) is 4.79 Å². The third-order valence-corrected chi connectivity index (χ3v) is 3.13. The van der Waals surface area contributed by atoms with Gasteiger partial charge in [0.1, 0.15) is 5.82 Å². The summed E-state index contributed by atoms with van der Waals surface area (Å²) in [6, 6.07) is 11.8. The molecule has 2 aromatic carbocycles. The molecular weight excluding hydrogens is 277 g/mol. The molecule has 1 amide bonds. The molecule has 0 heterocycles. The van der Waals surface area contributed by atoms with Crippen LogP contribution in [0.3, 0.4) is 0 Å². The monoisotopic (exact) mass is 289 g/mol. The van der Waals surface area contributed by atoms with Crippen LogP contribution in [0.4, 0.5) is 10.1 Å². The predicted octanol–water partition coefficient (Wildman–Crippen LogP) is 4.44. The third kappa shape index (κ3) is 3.45. The summed E-state index contributed by atoms with van der Waals surface area (Å²) < 4.78 is 13.5. The molecule has 0 aliphatic heterocycles. The van der Waals surface area contributed by atoms with E-state index in [4.69, 9.17) is 11.6 Å². The number of carbonyl (C=O) groups excluding carboxylic acids is 1. The van der Waals surface area contributed by atoms with Crippen LogP contribution in [0.15, 0.2) is 48.5 Å². The number of carbonyl (C=O) groups is 1. The lowest BCUT2D eigenvalue weighted by molar-refractivity contribution is -0.111. The van der Waals surface area contributed by atoms with Gasteiger partial charge < -0.3 is 5.32 Å². The molecule has 2 rings (SSSR count). The topological polar surface area (TPSA) is 29.1 Å². The fourth-order valence-electron chi connectivity index (χ4n) is 1.72. The zero-order chi connectivity index (χ0) is 14.5. The first kappa shape index (κ1) is 14.3. The maximum Gasteiger partial charge on any atom is 0.248 e. The SMILES string of the molecule is Cc1ccccc1NC(=O)C=Cc1c(F)cccc1Cl. The minimum atomic E-state index is -0.461. The molecule has 4 heteroatoms. The number of amides is 1. The van der Waals surface area contributed by atoms with Gasteiger partial charge >= 0.3 is 0 Å². The van der Waals surface area contributed by atoms with Crippen molar-refractivity contribution in [2.45, 2.75) is 6.92 Å². The molecule has 0 aliphatic rings. The van der Waals surface area contributed by atoms with Gasteiger partial charge in [-0.15, -0.1) is 0 Å².